The Kier molecular flexibility index (Phi) is 4.34. The van der Waals surface area contributed by atoms with Gasteiger partial charge in [0.25, 0.3) is 0 Å². The summed E-state index contributed by atoms with van der Waals surface area (Å²) in [4.78, 5) is 9.11. The summed E-state index contributed by atoms with van der Waals surface area (Å²) in [7, 11) is 4.18. The minimum atomic E-state index is 0.884. The Morgan fingerprint density at radius 3 is 3.00 bits per heavy atom. The summed E-state index contributed by atoms with van der Waals surface area (Å²) in [6, 6.07) is 2.14. The summed E-state index contributed by atoms with van der Waals surface area (Å²) in [5.74, 6) is 0. The molecule has 0 saturated carbocycles. The summed E-state index contributed by atoms with van der Waals surface area (Å²) in [6.07, 6.45) is 5.10. The standard InChI is InChI=1S/C13H22N4/c1-14-10-12-11-15-5-4-13(12)17-7-3-6-16(2)8-9-17/h4-5,11,14H,3,6-10H2,1-2H3. The monoisotopic (exact) mass is 234 g/mol. The van der Waals surface area contributed by atoms with Gasteiger partial charge in [0.2, 0.25) is 0 Å². The first-order valence-electron chi connectivity index (χ1n) is 6.32. The lowest BCUT2D eigenvalue weighted by atomic mass is 10.2. The molecule has 0 aliphatic carbocycles. The second-order valence-corrected chi connectivity index (χ2v) is 4.68. The molecule has 2 heterocycles. The molecule has 4 nitrogen and oxygen atoms in total. The normalized spacial score (nSPS) is 18.1. The Hall–Kier alpha value is -1.13. The number of nitrogens with one attached hydrogen (secondary N) is 1. The molecule has 4 heteroatoms. The minimum Gasteiger partial charge on any atom is -0.370 e. The molecule has 1 saturated heterocycles. The van der Waals surface area contributed by atoms with E-state index in [0.717, 1.165) is 26.2 Å². The molecule has 0 radical (unpaired) electrons. The quantitative estimate of drug-likeness (QED) is 0.843. The van der Waals surface area contributed by atoms with Crippen LogP contribution in [0.3, 0.4) is 0 Å². The van der Waals surface area contributed by atoms with Gasteiger partial charge in [-0.25, -0.2) is 0 Å². The van der Waals surface area contributed by atoms with Gasteiger partial charge < -0.3 is 15.1 Å². The van der Waals surface area contributed by atoms with E-state index in [1.54, 1.807) is 0 Å². The number of nitrogens with zero attached hydrogens (tertiary/aromatic N) is 3. The van der Waals surface area contributed by atoms with Crippen molar-refractivity contribution in [2.75, 3.05) is 45.2 Å². The van der Waals surface area contributed by atoms with Gasteiger partial charge in [-0.1, -0.05) is 0 Å². The third kappa shape index (κ3) is 3.17. The summed E-state index contributed by atoms with van der Waals surface area (Å²) in [5, 5.41) is 3.21. The topological polar surface area (TPSA) is 31.4 Å². The molecule has 2 rings (SSSR count). The zero-order valence-corrected chi connectivity index (χ0v) is 10.8. The fourth-order valence-corrected chi connectivity index (χ4v) is 2.34. The predicted molar refractivity (Wildman–Crippen MR) is 71.3 cm³/mol. The van der Waals surface area contributed by atoms with Gasteiger partial charge in [-0.2, -0.15) is 0 Å². The maximum atomic E-state index is 4.22. The van der Waals surface area contributed by atoms with Crippen LogP contribution >= 0.6 is 0 Å². The second kappa shape index (κ2) is 5.98. The van der Waals surface area contributed by atoms with Crippen molar-refractivity contribution >= 4 is 5.69 Å². The molecule has 17 heavy (non-hydrogen) atoms. The fraction of sp³-hybridized carbons (Fsp3) is 0.615. The number of rotatable bonds is 3. The number of anilines is 1. The Labute approximate surface area is 104 Å². The predicted octanol–water partition coefficient (Wildman–Crippen LogP) is 0.943. The van der Waals surface area contributed by atoms with Crippen LogP contribution in [0.15, 0.2) is 18.5 Å². The van der Waals surface area contributed by atoms with Gasteiger partial charge in [0.05, 0.1) is 0 Å². The molecule has 1 fully saturated rings. The Morgan fingerprint density at radius 1 is 1.29 bits per heavy atom. The van der Waals surface area contributed by atoms with E-state index in [1.807, 2.05) is 19.4 Å². The minimum absolute atomic E-state index is 0.884. The van der Waals surface area contributed by atoms with Gasteiger partial charge in [-0.3, -0.25) is 4.98 Å². The van der Waals surface area contributed by atoms with Crippen molar-refractivity contribution in [1.82, 2.24) is 15.2 Å². The summed E-state index contributed by atoms with van der Waals surface area (Å²) in [6.45, 7) is 5.47. The molecule has 1 aromatic heterocycles. The van der Waals surface area contributed by atoms with E-state index >= 15 is 0 Å². The van der Waals surface area contributed by atoms with Crippen LogP contribution in [0.4, 0.5) is 5.69 Å². The molecule has 0 unspecified atom stereocenters. The van der Waals surface area contributed by atoms with E-state index < -0.39 is 0 Å². The Bertz CT molecular complexity index is 353. The van der Waals surface area contributed by atoms with E-state index in [9.17, 15) is 0 Å². The largest absolute Gasteiger partial charge is 0.370 e. The molecule has 94 valence electrons. The molecule has 1 aromatic rings. The van der Waals surface area contributed by atoms with Gasteiger partial charge in [0, 0.05) is 49.8 Å². The van der Waals surface area contributed by atoms with E-state index in [2.05, 4.69) is 33.2 Å². The third-order valence-electron chi connectivity index (χ3n) is 3.31. The van der Waals surface area contributed by atoms with E-state index in [1.165, 1.54) is 24.2 Å². The van der Waals surface area contributed by atoms with Gasteiger partial charge in [-0.15, -0.1) is 0 Å². The molecule has 1 aliphatic heterocycles. The lowest BCUT2D eigenvalue weighted by Crippen LogP contribution is -2.29. The van der Waals surface area contributed by atoms with Gasteiger partial charge in [-0.05, 0) is 33.1 Å². The van der Waals surface area contributed by atoms with Crippen LogP contribution in [0.1, 0.15) is 12.0 Å². The second-order valence-electron chi connectivity index (χ2n) is 4.68. The summed E-state index contributed by atoms with van der Waals surface area (Å²) >= 11 is 0. The third-order valence-corrected chi connectivity index (χ3v) is 3.31. The van der Waals surface area contributed by atoms with Crippen molar-refractivity contribution in [2.24, 2.45) is 0 Å². The number of aromatic nitrogens is 1. The maximum absolute atomic E-state index is 4.22. The highest BCUT2D eigenvalue weighted by Crippen LogP contribution is 2.20. The van der Waals surface area contributed by atoms with Crippen molar-refractivity contribution in [3.8, 4) is 0 Å². The first kappa shape index (κ1) is 12.3. The highest BCUT2D eigenvalue weighted by Gasteiger charge is 2.14. The van der Waals surface area contributed by atoms with E-state index in [0.29, 0.717) is 0 Å². The SMILES string of the molecule is CNCc1cnccc1N1CCCN(C)CC1. The number of hydrogen-bond acceptors (Lipinski definition) is 4. The fourth-order valence-electron chi connectivity index (χ4n) is 2.34. The number of hydrogen-bond donors (Lipinski definition) is 1. The van der Waals surface area contributed by atoms with Gasteiger partial charge >= 0.3 is 0 Å². The molecule has 0 bridgehead atoms. The zero-order chi connectivity index (χ0) is 12.1. The molecular weight excluding hydrogens is 212 g/mol. The average molecular weight is 234 g/mol. The molecule has 0 aromatic carbocycles. The number of likely N-dealkylation sites (N-methyl/N-ethyl adjacent to an activating group) is 1. The van der Waals surface area contributed by atoms with Crippen molar-refractivity contribution in [2.45, 2.75) is 13.0 Å². The molecule has 1 N–H and O–H groups in total. The summed E-state index contributed by atoms with van der Waals surface area (Å²) in [5.41, 5.74) is 2.63. The lowest BCUT2D eigenvalue weighted by molar-refractivity contribution is 0.360. The van der Waals surface area contributed by atoms with Gasteiger partial charge in [0.1, 0.15) is 0 Å². The Balaban J connectivity index is 2.14. The highest BCUT2D eigenvalue weighted by atomic mass is 15.2. The van der Waals surface area contributed by atoms with Crippen molar-refractivity contribution in [1.29, 1.82) is 0 Å². The van der Waals surface area contributed by atoms with Crippen LogP contribution in [0.2, 0.25) is 0 Å². The van der Waals surface area contributed by atoms with Crippen LogP contribution in [-0.4, -0.2) is 50.2 Å². The zero-order valence-electron chi connectivity index (χ0n) is 10.8. The Morgan fingerprint density at radius 2 is 2.18 bits per heavy atom. The highest BCUT2D eigenvalue weighted by molar-refractivity contribution is 5.52. The van der Waals surface area contributed by atoms with Crippen molar-refractivity contribution in [3.05, 3.63) is 24.0 Å². The van der Waals surface area contributed by atoms with E-state index in [4.69, 9.17) is 0 Å². The number of pyridine rings is 1. The molecular formula is C13H22N4. The van der Waals surface area contributed by atoms with Crippen molar-refractivity contribution < 1.29 is 0 Å². The van der Waals surface area contributed by atoms with Crippen LogP contribution in [-0.2, 0) is 6.54 Å². The first-order valence-corrected chi connectivity index (χ1v) is 6.32. The molecule has 0 atom stereocenters. The van der Waals surface area contributed by atoms with Crippen LogP contribution < -0.4 is 10.2 Å². The van der Waals surface area contributed by atoms with Crippen LogP contribution in [0, 0.1) is 0 Å². The molecule has 1 aliphatic rings. The summed E-state index contributed by atoms with van der Waals surface area (Å²) < 4.78 is 0. The maximum Gasteiger partial charge on any atom is 0.0443 e. The van der Waals surface area contributed by atoms with Crippen molar-refractivity contribution in [3.63, 3.8) is 0 Å². The average Bonchev–Trinajstić information content (AvgIpc) is 2.55. The van der Waals surface area contributed by atoms with Gasteiger partial charge in [0.15, 0.2) is 0 Å². The smallest absolute Gasteiger partial charge is 0.0443 e. The lowest BCUT2D eigenvalue weighted by Gasteiger charge is -2.25. The molecule has 0 amide bonds. The molecule has 0 spiro atoms. The first-order chi connectivity index (χ1) is 8.31. The van der Waals surface area contributed by atoms with Crippen LogP contribution in [0.25, 0.3) is 0 Å². The van der Waals surface area contributed by atoms with E-state index in [-0.39, 0.29) is 0 Å². The van der Waals surface area contributed by atoms with Crippen LogP contribution in [0.5, 0.6) is 0 Å².